The highest BCUT2D eigenvalue weighted by atomic mass is 32.1. The lowest BCUT2D eigenvalue weighted by molar-refractivity contribution is -0.0000288. The number of hydrogen-bond acceptors (Lipinski definition) is 4. The molecule has 0 aliphatic carbocycles. The first-order valence-corrected chi connectivity index (χ1v) is 3.44. The van der Waals surface area contributed by atoms with E-state index in [-0.39, 0.29) is 6.61 Å². The highest BCUT2D eigenvalue weighted by Gasteiger charge is 2.10. The lowest BCUT2D eigenvalue weighted by atomic mass is 10.2. The van der Waals surface area contributed by atoms with Crippen LogP contribution < -0.4 is 0 Å². The van der Waals surface area contributed by atoms with Crippen molar-refractivity contribution in [2.45, 2.75) is 26.1 Å². The van der Waals surface area contributed by atoms with Crippen LogP contribution in [0.4, 0.5) is 0 Å². The van der Waals surface area contributed by atoms with Gasteiger partial charge in [0.1, 0.15) is 12.7 Å². The summed E-state index contributed by atoms with van der Waals surface area (Å²) >= 11 is 4.59. The van der Waals surface area contributed by atoms with Crippen LogP contribution in [0, 0.1) is 0 Å². The fourth-order valence-electron chi connectivity index (χ4n) is 0.342. The second-order valence-corrected chi connectivity index (χ2v) is 2.69. The molecule has 0 aliphatic heterocycles. The van der Waals surface area contributed by atoms with Crippen molar-refractivity contribution in [3.05, 3.63) is 0 Å². The van der Waals surface area contributed by atoms with Gasteiger partial charge in [-0.05, 0) is 19.1 Å². The maximum absolute atomic E-state index is 8.94. The van der Waals surface area contributed by atoms with E-state index in [0.29, 0.717) is 5.05 Å². The normalized spacial score (nSPS) is 16.0. The van der Waals surface area contributed by atoms with Crippen LogP contribution in [0.3, 0.4) is 0 Å². The Balaban J connectivity index is 3.39. The van der Waals surface area contributed by atoms with E-state index in [1.807, 2.05) is 0 Å². The molecular formula is C6H12O3S. The summed E-state index contributed by atoms with van der Waals surface area (Å²) in [6.07, 6.45) is -1.62. The molecule has 0 aromatic heterocycles. The van der Waals surface area contributed by atoms with Crippen molar-refractivity contribution >= 4 is 17.3 Å². The molecule has 0 fully saturated rings. The number of hydrogen-bond donors (Lipinski definition) is 2. The Kier molecular flexibility index (Phi) is 4.51. The Morgan fingerprint density at radius 1 is 1.60 bits per heavy atom. The molecule has 60 valence electrons. The summed E-state index contributed by atoms with van der Waals surface area (Å²) < 4.78 is 4.79. The van der Waals surface area contributed by atoms with Gasteiger partial charge in [-0.2, -0.15) is 0 Å². The highest BCUT2D eigenvalue weighted by Crippen LogP contribution is 1.93. The zero-order chi connectivity index (χ0) is 8.15. The molecule has 0 heterocycles. The molecule has 0 spiro atoms. The summed E-state index contributed by atoms with van der Waals surface area (Å²) in [5, 5.41) is 18.1. The molecule has 2 atom stereocenters. The predicted octanol–water partition coefficient (Wildman–Crippen LogP) is 0.0920. The SMILES string of the molecule is CC(=S)OC[C@H](O)[C@@H](C)O. The van der Waals surface area contributed by atoms with E-state index < -0.39 is 12.2 Å². The first-order valence-electron chi connectivity index (χ1n) is 3.03. The number of aliphatic hydroxyl groups excluding tert-OH is 2. The molecule has 0 aromatic rings. The van der Waals surface area contributed by atoms with Gasteiger partial charge in [0, 0.05) is 6.92 Å². The summed E-state index contributed by atoms with van der Waals surface area (Å²) in [5.74, 6) is 0. The van der Waals surface area contributed by atoms with Crippen LogP contribution in [0.25, 0.3) is 0 Å². The third-order valence-corrected chi connectivity index (χ3v) is 1.13. The van der Waals surface area contributed by atoms with Gasteiger partial charge in [0.15, 0.2) is 5.05 Å². The molecule has 0 bridgehead atoms. The van der Waals surface area contributed by atoms with E-state index in [1.54, 1.807) is 6.92 Å². The van der Waals surface area contributed by atoms with Crippen molar-refractivity contribution in [2.24, 2.45) is 0 Å². The van der Waals surface area contributed by atoms with E-state index in [0.717, 1.165) is 0 Å². The number of rotatable bonds is 3. The maximum atomic E-state index is 8.94. The van der Waals surface area contributed by atoms with E-state index in [4.69, 9.17) is 14.9 Å². The molecule has 0 saturated heterocycles. The molecular weight excluding hydrogens is 152 g/mol. The molecule has 2 N–H and O–H groups in total. The largest absolute Gasteiger partial charge is 0.485 e. The summed E-state index contributed by atoms with van der Waals surface area (Å²) in [6.45, 7) is 3.17. The Bertz CT molecular complexity index is 114. The molecule has 0 aliphatic rings. The number of ether oxygens (including phenoxy) is 1. The summed E-state index contributed by atoms with van der Waals surface area (Å²) in [6, 6.07) is 0. The van der Waals surface area contributed by atoms with Gasteiger partial charge >= 0.3 is 0 Å². The van der Waals surface area contributed by atoms with Gasteiger partial charge in [-0.25, -0.2) is 0 Å². The Morgan fingerprint density at radius 3 is 2.40 bits per heavy atom. The van der Waals surface area contributed by atoms with Gasteiger partial charge in [0.05, 0.1) is 6.10 Å². The molecule has 0 saturated carbocycles. The van der Waals surface area contributed by atoms with E-state index in [1.165, 1.54) is 6.92 Å². The van der Waals surface area contributed by atoms with Gasteiger partial charge in [-0.15, -0.1) is 0 Å². The highest BCUT2D eigenvalue weighted by molar-refractivity contribution is 7.80. The van der Waals surface area contributed by atoms with Crippen molar-refractivity contribution in [1.29, 1.82) is 0 Å². The van der Waals surface area contributed by atoms with Crippen LogP contribution in [-0.4, -0.2) is 34.1 Å². The van der Waals surface area contributed by atoms with Crippen molar-refractivity contribution in [3.8, 4) is 0 Å². The predicted molar refractivity (Wildman–Crippen MR) is 41.9 cm³/mol. The molecule has 0 aromatic carbocycles. The molecule has 0 rings (SSSR count). The average Bonchev–Trinajstić information content (AvgIpc) is 1.82. The minimum atomic E-state index is -0.849. The van der Waals surface area contributed by atoms with Crippen molar-refractivity contribution in [2.75, 3.05) is 6.61 Å². The van der Waals surface area contributed by atoms with Crippen molar-refractivity contribution in [3.63, 3.8) is 0 Å². The molecule has 4 heteroatoms. The zero-order valence-electron chi connectivity index (χ0n) is 6.07. The van der Waals surface area contributed by atoms with Gasteiger partial charge in [0.25, 0.3) is 0 Å². The second kappa shape index (κ2) is 4.60. The summed E-state index contributed by atoms with van der Waals surface area (Å²) in [4.78, 5) is 0. The monoisotopic (exact) mass is 164 g/mol. The molecule has 10 heavy (non-hydrogen) atoms. The Labute approximate surface area is 65.6 Å². The topological polar surface area (TPSA) is 49.7 Å². The fourth-order valence-corrected chi connectivity index (χ4v) is 0.410. The number of thiocarbonyl (C=S) groups is 1. The lowest BCUT2D eigenvalue weighted by Gasteiger charge is -2.13. The van der Waals surface area contributed by atoms with Gasteiger partial charge in [-0.3, -0.25) is 0 Å². The fraction of sp³-hybridized carbons (Fsp3) is 0.833. The second-order valence-electron chi connectivity index (χ2n) is 2.11. The molecule has 0 amide bonds. The van der Waals surface area contributed by atoms with Crippen LogP contribution >= 0.6 is 12.2 Å². The smallest absolute Gasteiger partial charge is 0.156 e. The molecule has 3 nitrogen and oxygen atoms in total. The van der Waals surface area contributed by atoms with Crippen LogP contribution in [-0.2, 0) is 4.74 Å². The third kappa shape index (κ3) is 4.67. The maximum Gasteiger partial charge on any atom is 0.156 e. The minimum Gasteiger partial charge on any atom is -0.485 e. The van der Waals surface area contributed by atoms with Crippen molar-refractivity contribution in [1.82, 2.24) is 0 Å². The number of aliphatic hydroxyl groups is 2. The standard InChI is InChI=1S/C6H12O3S/c1-4(7)6(8)3-9-5(2)10/h4,6-8H,3H2,1-2H3/t4-,6+/m1/s1. The minimum absolute atomic E-state index is 0.0625. The lowest BCUT2D eigenvalue weighted by Crippen LogP contribution is -2.28. The van der Waals surface area contributed by atoms with Crippen LogP contribution in [0.2, 0.25) is 0 Å². The van der Waals surface area contributed by atoms with E-state index >= 15 is 0 Å². The Morgan fingerprint density at radius 2 is 2.10 bits per heavy atom. The van der Waals surface area contributed by atoms with Crippen LogP contribution in [0.15, 0.2) is 0 Å². The van der Waals surface area contributed by atoms with Crippen LogP contribution in [0.1, 0.15) is 13.8 Å². The third-order valence-electron chi connectivity index (χ3n) is 1.01. The quantitative estimate of drug-likeness (QED) is 0.580. The summed E-state index contributed by atoms with van der Waals surface area (Å²) in [5.41, 5.74) is 0. The van der Waals surface area contributed by atoms with Gasteiger partial charge in [-0.1, -0.05) is 0 Å². The Hall–Kier alpha value is -0.190. The average molecular weight is 164 g/mol. The van der Waals surface area contributed by atoms with Gasteiger partial charge in [0.2, 0.25) is 0 Å². The van der Waals surface area contributed by atoms with E-state index in [2.05, 4.69) is 12.2 Å². The summed E-state index contributed by atoms with van der Waals surface area (Å²) in [7, 11) is 0. The molecule has 0 radical (unpaired) electrons. The zero-order valence-corrected chi connectivity index (χ0v) is 6.89. The molecule has 0 unspecified atom stereocenters. The van der Waals surface area contributed by atoms with Crippen molar-refractivity contribution < 1.29 is 14.9 Å². The van der Waals surface area contributed by atoms with Gasteiger partial charge < -0.3 is 14.9 Å². The van der Waals surface area contributed by atoms with Crippen LogP contribution in [0.5, 0.6) is 0 Å². The first kappa shape index (κ1) is 9.81. The first-order chi connectivity index (χ1) is 4.54. The van der Waals surface area contributed by atoms with E-state index in [9.17, 15) is 0 Å².